The summed E-state index contributed by atoms with van der Waals surface area (Å²) < 4.78 is 5.60. The average molecular weight is 354 g/mol. The molecule has 5 nitrogen and oxygen atoms in total. The summed E-state index contributed by atoms with van der Waals surface area (Å²) in [5.74, 6) is 3.82. The SMILES string of the molecule is CN=C(NCc1nc(C)c(C)o1)NCC1CCC(c2ccccc2)CC1. The first-order valence-corrected chi connectivity index (χ1v) is 9.58. The van der Waals surface area contributed by atoms with E-state index in [0.29, 0.717) is 18.4 Å². The Hall–Kier alpha value is -2.30. The number of hydrogen-bond donors (Lipinski definition) is 2. The lowest BCUT2D eigenvalue weighted by Gasteiger charge is -2.29. The maximum atomic E-state index is 5.60. The number of benzene rings is 1. The first-order valence-electron chi connectivity index (χ1n) is 9.58. The summed E-state index contributed by atoms with van der Waals surface area (Å²) in [5.41, 5.74) is 2.44. The minimum absolute atomic E-state index is 0.551. The lowest BCUT2D eigenvalue weighted by Crippen LogP contribution is -2.40. The summed E-state index contributed by atoms with van der Waals surface area (Å²) in [6.07, 6.45) is 5.08. The number of nitrogens with zero attached hydrogens (tertiary/aromatic N) is 2. The Morgan fingerprint density at radius 2 is 1.85 bits per heavy atom. The van der Waals surface area contributed by atoms with Crippen molar-refractivity contribution in [2.45, 2.75) is 52.0 Å². The number of aryl methyl sites for hydroxylation is 2. The van der Waals surface area contributed by atoms with Crippen LogP contribution in [-0.4, -0.2) is 24.5 Å². The van der Waals surface area contributed by atoms with E-state index >= 15 is 0 Å². The van der Waals surface area contributed by atoms with Crippen molar-refractivity contribution in [1.29, 1.82) is 0 Å². The van der Waals surface area contributed by atoms with E-state index in [4.69, 9.17) is 4.42 Å². The third kappa shape index (κ3) is 4.87. The van der Waals surface area contributed by atoms with Crippen LogP contribution >= 0.6 is 0 Å². The molecule has 0 unspecified atom stereocenters. The Kier molecular flexibility index (Phi) is 6.31. The molecule has 1 fully saturated rings. The molecule has 0 bridgehead atoms. The normalized spacial score (nSPS) is 20.8. The van der Waals surface area contributed by atoms with E-state index in [1.807, 2.05) is 13.8 Å². The number of aromatic nitrogens is 1. The Morgan fingerprint density at radius 1 is 1.12 bits per heavy atom. The van der Waals surface area contributed by atoms with Gasteiger partial charge in [0.1, 0.15) is 5.76 Å². The second-order valence-electron chi connectivity index (χ2n) is 7.18. The highest BCUT2D eigenvalue weighted by atomic mass is 16.4. The van der Waals surface area contributed by atoms with Gasteiger partial charge in [-0.25, -0.2) is 4.98 Å². The highest BCUT2D eigenvalue weighted by Crippen LogP contribution is 2.35. The van der Waals surface area contributed by atoms with Crippen LogP contribution in [0.1, 0.15) is 54.5 Å². The highest BCUT2D eigenvalue weighted by molar-refractivity contribution is 5.79. The van der Waals surface area contributed by atoms with E-state index in [1.54, 1.807) is 7.05 Å². The Bertz CT molecular complexity index is 695. The van der Waals surface area contributed by atoms with Gasteiger partial charge in [-0.3, -0.25) is 4.99 Å². The van der Waals surface area contributed by atoms with Crippen molar-refractivity contribution >= 4 is 5.96 Å². The summed E-state index contributed by atoms with van der Waals surface area (Å²) in [7, 11) is 1.80. The van der Waals surface area contributed by atoms with Gasteiger partial charge in [-0.2, -0.15) is 0 Å². The topological polar surface area (TPSA) is 62.5 Å². The van der Waals surface area contributed by atoms with Gasteiger partial charge in [0.05, 0.1) is 12.2 Å². The van der Waals surface area contributed by atoms with Crippen LogP contribution in [-0.2, 0) is 6.54 Å². The van der Waals surface area contributed by atoms with Gasteiger partial charge < -0.3 is 15.1 Å². The van der Waals surface area contributed by atoms with E-state index in [2.05, 4.69) is 50.9 Å². The third-order valence-corrected chi connectivity index (χ3v) is 5.38. The fourth-order valence-electron chi connectivity index (χ4n) is 3.66. The van der Waals surface area contributed by atoms with Gasteiger partial charge in [0.15, 0.2) is 5.96 Å². The lowest BCUT2D eigenvalue weighted by molar-refractivity contribution is 0.324. The molecule has 0 aliphatic heterocycles. The van der Waals surface area contributed by atoms with E-state index < -0.39 is 0 Å². The van der Waals surface area contributed by atoms with Crippen LogP contribution in [0.4, 0.5) is 0 Å². The lowest BCUT2D eigenvalue weighted by atomic mass is 9.79. The molecule has 3 rings (SSSR count). The van der Waals surface area contributed by atoms with E-state index in [0.717, 1.165) is 29.9 Å². The average Bonchev–Trinajstić information content (AvgIpc) is 3.01. The standard InChI is InChI=1S/C21H30N4O/c1-15-16(2)26-20(25-15)14-24-21(22-3)23-13-17-9-11-19(12-10-17)18-7-5-4-6-8-18/h4-8,17,19H,9-14H2,1-3H3,(H2,22,23,24). The molecule has 0 spiro atoms. The molecule has 26 heavy (non-hydrogen) atoms. The zero-order valence-corrected chi connectivity index (χ0v) is 16.1. The van der Waals surface area contributed by atoms with Crippen molar-refractivity contribution in [2.75, 3.05) is 13.6 Å². The summed E-state index contributed by atoms with van der Waals surface area (Å²) >= 11 is 0. The summed E-state index contributed by atoms with van der Waals surface area (Å²) in [6.45, 7) is 5.41. The van der Waals surface area contributed by atoms with Crippen LogP contribution in [0.5, 0.6) is 0 Å². The van der Waals surface area contributed by atoms with Crippen LogP contribution in [0.25, 0.3) is 0 Å². The molecular weight excluding hydrogens is 324 g/mol. The molecular formula is C21H30N4O. The first kappa shape index (κ1) is 18.5. The van der Waals surface area contributed by atoms with Crippen LogP contribution in [0.2, 0.25) is 0 Å². The summed E-state index contributed by atoms with van der Waals surface area (Å²) in [5, 5.41) is 6.74. The van der Waals surface area contributed by atoms with E-state index in [1.165, 1.54) is 31.2 Å². The molecule has 2 N–H and O–H groups in total. The molecule has 2 aromatic rings. The number of oxazole rings is 1. The number of aliphatic imine (C=N–C) groups is 1. The largest absolute Gasteiger partial charge is 0.444 e. The Balaban J connectivity index is 1.40. The second kappa shape index (κ2) is 8.88. The molecule has 1 aliphatic carbocycles. The number of nitrogens with one attached hydrogen (secondary N) is 2. The van der Waals surface area contributed by atoms with Crippen LogP contribution in [0, 0.1) is 19.8 Å². The quantitative estimate of drug-likeness (QED) is 0.631. The van der Waals surface area contributed by atoms with Crippen molar-refractivity contribution in [3.63, 3.8) is 0 Å². The number of rotatable bonds is 5. The smallest absolute Gasteiger partial charge is 0.214 e. The maximum Gasteiger partial charge on any atom is 0.214 e. The fourth-order valence-corrected chi connectivity index (χ4v) is 3.66. The molecule has 1 saturated carbocycles. The van der Waals surface area contributed by atoms with Crippen LogP contribution in [0.15, 0.2) is 39.7 Å². The zero-order chi connectivity index (χ0) is 18.4. The van der Waals surface area contributed by atoms with Crippen molar-refractivity contribution in [3.8, 4) is 0 Å². The fraction of sp³-hybridized carbons (Fsp3) is 0.524. The molecule has 0 radical (unpaired) electrons. The number of guanidine groups is 1. The van der Waals surface area contributed by atoms with Gasteiger partial charge in [0.2, 0.25) is 5.89 Å². The third-order valence-electron chi connectivity index (χ3n) is 5.38. The molecule has 0 amide bonds. The second-order valence-corrected chi connectivity index (χ2v) is 7.18. The van der Waals surface area contributed by atoms with E-state index in [-0.39, 0.29) is 0 Å². The molecule has 5 heteroatoms. The molecule has 1 heterocycles. The molecule has 1 aromatic carbocycles. The van der Waals surface area contributed by atoms with Gasteiger partial charge in [-0.1, -0.05) is 30.3 Å². The van der Waals surface area contributed by atoms with Gasteiger partial charge in [0.25, 0.3) is 0 Å². The predicted octanol–water partition coefficient (Wildman–Crippen LogP) is 3.93. The van der Waals surface area contributed by atoms with Crippen LogP contribution in [0.3, 0.4) is 0 Å². The molecule has 0 atom stereocenters. The first-order chi connectivity index (χ1) is 12.7. The minimum atomic E-state index is 0.551. The van der Waals surface area contributed by atoms with Crippen LogP contribution < -0.4 is 10.6 Å². The monoisotopic (exact) mass is 354 g/mol. The zero-order valence-electron chi connectivity index (χ0n) is 16.1. The van der Waals surface area contributed by atoms with Gasteiger partial charge in [-0.15, -0.1) is 0 Å². The number of hydrogen-bond acceptors (Lipinski definition) is 3. The Morgan fingerprint density at radius 3 is 2.46 bits per heavy atom. The predicted molar refractivity (Wildman–Crippen MR) is 105 cm³/mol. The molecule has 1 aliphatic rings. The van der Waals surface area contributed by atoms with Crippen molar-refractivity contribution in [1.82, 2.24) is 15.6 Å². The molecule has 0 saturated heterocycles. The van der Waals surface area contributed by atoms with Crippen molar-refractivity contribution in [2.24, 2.45) is 10.9 Å². The van der Waals surface area contributed by atoms with E-state index in [9.17, 15) is 0 Å². The summed E-state index contributed by atoms with van der Waals surface area (Å²) in [4.78, 5) is 8.70. The molecule has 140 valence electrons. The Labute approximate surface area is 156 Å². The highest BCUT2D eigenvalue weighted by Gasteiger charge is 2.22. The summed E-state index contributed by atoms with van der Waals surface area (Å²) in [6, 6.07) is 10.9. The maximum absolute atomic E-state index is 5.60. The van der Waals surface area contributed by atoms with Gasteiger partial charge >= 0.3 is 0 Å². The van der Waals surface area contributed by atoms with Gasteiger partial charge in [-0.05, 0) is 56.9 Å². The molecule has 1 aromatic heterocycles. The minimum Gasteiger partial charge on any atom is -0.444 e. The van der Waals surface area contributed by atoms with Crippen molar-refractivity contribution in [3.05, 3.63) is 53.2 Å². The van der Waals surface area contributed by atoms with Gasteiger partial charge in [0, 0.05) is 13.6 Å². The van der Waals surface area contributed by atoms with Crippen molar-refractivity contribution < 1.29 is 4.42 Å².